The van der Waals surface area contributed by atoms with Gasteiger partial charge in [0.2, 0.25) is 0 Å². The lowest BCUT2D eigenvalue weighted by Crippen LogP contribution is -2.07. The van der Waals surface area contributed by atoms with Crippen LogP contribution >= 0.6 is 0 Å². The van der Waals surface area contributed by atoms with Crippen LogP contribution in [0.1, 0.15) is 28.8 Å². The predicted octanol–water partition coefficient (Wildman–Crippen LogP) is 4.00. The molecule has 150 valence electrons. The average molecular weight is 393 g/mol. The molecule has 0 bridgehead atoms. The Morgan fingerprint density at radius 2 is 1.90 bits per heavy atom. The molecule has 0 atom stereocenters. The van der Waals surface area contributed by atoms with Crippen molar-refractivity contribution in [2.24, 2.45) is 0 Å². The van der Waals surface area contributed by atoms with Crippen LogP contribution < -0.4 is 14.8 Å². The third-order valence-electron chi connectivity index (χ3n) is 5.15. The van der Waals surface area contributed by atoms with Crippen LogP contribution in [0.25, 0.3) is 16.9 Å². The molecule has 29 heavy (non-hydrogen) atoms. The van der Waals surface area contributed by atoms with E-state index < -0.39 is 5.97 Å². The molecule has 0 aliphatic carbocycles. The van der Waals surface area contributed by atoms with Gasteiger partial charge < -0.3 is 19.9 Å². The summed E-state index contributed by atoms with van der Waals surface area (Å²) in [5.41, 5.74) is 3.87. The number of benzene rings is 2. The van der Waals surface area contributed by atoms with Gasteiger partial charge in [0.05, 0.1) is 25.5 Å². The Kier molecular flexibility index (Phi) is 5.12. The molecule has 2 N–H and O–H groups in total. The van der Waals surface area contributed by atoms with E-state index >= 15 is 0 Å². The zero-order valence-corrected chi connectivity index (χ0v) is 16.4. The van der Waals surface area contributed by atoms with E-state index in [2.05, 4.69) is 5.32 Å². The molecule has 1 aromatic heterocycles. The van der Waals surface area contributed by atoms with Crippen LogP contribution in [0.4, 0.5) is 5.82 Å². The first-order chi connectivity index (χ1) is 14.1. The van der Waals surface area contributed by atoms with Crippen molar-refractivity contribution in [1.82, 2.24) is 9.78 Å². The van der Waals surface area contributed by atoms with Gasteiger partial charge in [0.1, 0.15) is 23.0 Å². The van der Waals surface area contributed by atoms with Crippen molar-refractivity contribution in [3.8, 4) is 28.4 Å². The number of hydrogen-bond donors (Lipinski definition) is 2. The van der Waals surface area contributed by atoms with Crippen molar-refractivity contribution < 1.29 is 19.4 Å². The zero-order valence-electron chi connectivity index (χ0n) is 16.4. The minimum atomic E-state index is -0.948. The Morgan fingerprint density at radius 1 is 1.10 bits per heavy atom. The maximum Gasteiger partial charge on any atom is 0.335 e. The van der Waals surface area contributed by atoms with E-state index in [4.69, 9.17) is 14.6 Å². The molecular formula is C22H23N3O4. The maximum atomic E-state index is 11.2. The summed E-state index contributed by atoms with van der Waals surface area (Å²) in [6, 6.07) is 12.4. The third kappa shape index (κ3) is 3.51. The first-order valence-electron chi connectivity index (χ1n) is 9.54. The molecule has 1 aliphatic heterocycles. The van der Waals surface area contributed by atoms with Crippen LogP contribution in [-0.4, -0.2) is 41.6 Å². The van der Waals surface area contributed by atoms with E-state index in [1.807, 2.05) is 22.9 Å². The number of rotatable bonds is 5. The molecule has 1 aliphatic rings. The van der Waals surface area contributed by atoms with E-state index in [1.165, 1.54) is 0 Å². The normalized spacial score (nSPS) is 13.2. The van der Waals surface area contributed by atoms with Crippen molar-refractivity contribution >= 4 is 11.8 Å². The quantitative estimate of drug-likeness (QED) is 0.681. The minimum Gasteiger partial charge on any atom is -0.497 e. The molecule has 0 radical (unpaired) electrons. The van der Waals surface area contributed by atoms with Crippen molar-refractivity contribution in [1.29, 1.82) is 0 Å². The highest BCUT2D eigenvalue weighted by Gasteiger charge is 2.24. The number of nitrogens with zero attached hydrogens (tertiary/aromatic N) is 2. The van der Waals surface area contributed by atoms with Gasteiger partial charge in [-0.25, -0.2) is 9.48 Å². The summed E-state index contributed by atoms with van der Waals surface area (Å²) in [5.74, 6) is 1.45. The SMILES string of the molecule is COc1ccc(OC)c(-c2nn(-c3ccc(C(=O)O)cc3)c3c2CCCCN3)c1. The Morgan fingerprint density at radius 3 is 2.59 bits per heavy atom. The first-order valence-corrected chi connectivity index (χ1v) is 9.54. The highest BCUT2D eigenvalue weighted by atomic mass is 16.5. The second kappa shape index (κ2) is 7.87. The molecule has 2 aromatic carbocycles. The lowest BCUT2D eigenvalue weighted by atomic mass is 10.0. The smallest absolute Gasteiger partial charge is 0.335 e. The van der Waals surface area contributed by atoms with Crippen LogP contribution in [0, 0.1) is 0 Å². The minimum absolute atomic E-state index is 0.245. The van der Waals surface area contributed by atoms with Gasteiger partial charge in [0.15, 0.2) is 0 Å². The van der Waals surface area contributed by atoms with Gasteiger partial charge in [-0.05, 0) is 61.7 Å². The topological polar surface area (TPSA) is 85.6 Å². The van der Waals surface area contributed by atoms with Crippen molar-refractivity contribution in [3.05, 3.63) is 53.6 Å². The molecule has 0 saturated heterocycles. The summed E-state index contributed by atoms with van der Waals surface area (Å²) >= 11 is 0. The number of nitrogens with one attached hydrogen (secondary N) is 1. The number of anilines is 1. The molecule has 0 fully saturated rings. The average Bonchev–Trinajstić information content (AvgIpc) is 2.93. The Bertz CT molecular complexity index is 1040. The molecule has 7 heteroatoms. The molecular weight excluding hydrogens is 370 g/mol. The highest BCUT2D eigenvalue weighted by Crippen LogP contribution is 2.39. The Balaban J connectivity index is 1.89. The third-order valence-corrected chi connectivity index (χ3v) is 5.15. The number of methoxy groups -OCH3 is 2. The number of aromatic carboxylic acids is 1. The van der Waals surface area contributed by atoms with Crippen LogP contribution in [0.3, 0.4) is 0 Å². The van der Waals surface area contributed by atoms with Crippen molar-refractivity contribution in [3.63, 3.8) is 0 Å². The molecule has 0 saturated carbocycles. The summed E-state index contributed by atoms with van der Waals surface area (Å²) in [6.07, 6.45) is 3.02. The first kappa shape index (κ1) is 18.9. The standard InChI is InChI=1S/C22H23N3O4/c1-28-16-10-11-19(29-2)18(13-16)20-17-5-3-4-12-23-21(17)25(24-20)15-8-6-14(7-9-15)22(26)27/h6-11,13,23H,3-5,12H2,1-2H3,(H,26,27). The molecule has 0 amide bonds. The van der Waals surface area contributed by atoms with Crippen LogP contribution in [0.2, 0.25) is 0 Å². The second-order valence-electron chi connectivity index (χ2n) is 6.89. The lowest BCUT2D eigenvalue weighted by molar-refractivity contribution is 0.0697. The molecule has 0 spiro atoms. The fraction of sp³-hybridized carbons (Fsp3) is 0.273. The van der Waals surface area contributed by atoms with E-state index in [9.17, 15) is 9.90 Å². The monoisotopic (exact) mass is 393 g/mol. The number of aromatic nitrogens is 2. The van der Waals surface area contributed by atoms with Gasteiger partial charge in [0.25, 0.3) is 0 Å². The number of ether oxygens (including phenoxy) is 2. The fourth-order valence-electron chi connectivity index (χ4n) is 3.65. The number of carbonyl (C=O) groups is 1. The molecule has 7 nitrogen and oxygen atoms in total. The summed E-state index contributed by atoms with van der Waals surface area (Å²) < 4.78 is 12.8. The largest absolute Gasteiger partial charge is 0.497 e. The van der Waals surface area contributed by atoms with Crippen LogP contribution in [0.5, 0.6) is 11.5 Å². The summed E-state index contributed by atoms with van der Waals surface area (Å²) in [4.78, 5) is 11.2. The van der Waals surface area contributed by atoms with Gasteiger partial charge >= 0.3 is 5.97 Å². The number of carboxylic acids is 1. The van der Waals surface area contributed by atoms with Gasteiger partial charge in [0, 0.05) is 17.7 Å². The molecule has 0 unspecified atom stereocenters. The van der Waals surface area contributed by atoms with E-state index in [0.717, 1.165) is 65.6 Å². The van der Waals surface area contributed by atoms with Gasteiger partial charge in [-0.2, -0.15) is 5.10 Å². The molecule has 3 aromatic rings. The number of fused-ring (bicyclic) bond motifs is 1. The number of carboxylic acid groups (broad SMARTS) is 1. The summed E-state index contributed by atoms with van der Waals surface area (Å²) in [6.45, 7) is 0.862. The molecule has 2 heterocycles. The Labute approximate surface area is 168 Å². The van der Waals surface area contributed by atoms with Crippen molar-refractivity contribution in [2.45, 2.75) is 19.3 Å². The maximum absolute atomic E-state index is 11.2. The fourth-order valence-corrected chi connectivity index (χ4v) is 3.65. The second-order valence-corrected chi connectivity index (χ2v) is 6.89. The highest BCUT2D eigenvalue weighted by molar-refractivity contribution is 5.87. The van der Waals surface area contributed by atoms with Gasteiger partial charge in [-0.3, -0.25) is 0 Å². The molecule has 4 rings (SSSR count). The van der Waals surface area contributed by atoms with Crippen LogP contribution in [-0.2, 0) is 6.42 Å². The van der Waals surface area contributed by atoms with E-state index in [-0.39, 0.29) is 5.56 Å². The zero-order chi connectivity index (χ0) is 20.4. The summed E-state index contributed by atoms with van der Waals surface area (Å²) in [7, 11) is 3.28. The van der Waals surface area contributed by atoms with E-state index in [1.54, 1.807) is 38.5 Å². The predicted molar refractivity (Wildman–Crippen MR) is 110 cm³/mol. The van der Waals surface area contributed by atoms with Gasteiger partial charge in [-0.15, -0.1) is 0 Å². The number of hydrogen-bond acceptors (Lipinski definition) is 5. The Hall–Kier alpha value is -3.48. The lowest BCUT2D eigenvalue weighted by Gasteiger charge is -2.10. The van der Waals surface area contributed by atoms with Crippen LogP contribution in [0.15, 0.2) is 42.5 Å². The van der Waals surface area contributed by atoms with E-state index in [0.29, 0.717) is 0 Å². The van der Waals surface area contributed by atoms with Gasteiger partial charge in [-0.1, -0.05) is 0 Å². The summed E-state index contributed by atoms with van der Waals surface area (Å²) in [5, 5.41) is 17.6. The van der Waals surface area contributed by atoms with Crippen molar-refractivity contribution in [2.75, 3.05) is 26.1 Å².